The van der Waals surface area contributed by atoms with Crippen LogP contribution in [0.2, 0.25) is 0 Å². The van der Waals surface area contributed by atoms with Gasteiger partial charge in [-0.2, -0.15) is 0 Å². The zero-order valence-electron chi connectivity index (χ0n) is 8.16. The first kappa shape index (κ1) is 9.77. The van der Waals surface area contributed by atoms with E-state index in [-0.39, 0.29) is 0 Å². The van der Waals surface area contributed by atoms with E-state index in [0.29, 0.717) is 10.8 Å². The molecule has 0 aliphatic carbocycles. The minimum Gasteiger partial charge on any atom is -0.381 e. The van der Waals surface area contributed by atoms with Crippen molar-refractivity contribution in [2.24, 2.45) is 11.3 Å². The summed E-state index contributed by atoms with van der Waals surface area (Å²) in [5.41, 5.74) is 0.376. The summed E-state index contributed by atoms with van der Waals surface area (Å²) in [6.45, 7) is 2.87. The van der Waals surface area contributed by atoms with Crippen LogP contribution >= 0.6 is 11.8 Å². The fourth-order valence-corrected chi connectivity index (χ4v) is 3.32. The molecule has 2 aliphatic heterocycles. The summed E-state index contributed by atoms with van der Waals surface area (Å²) in [5, 5.41) is 2.49. The number of thioether (sulfide) groups is 1. The van der Waals surface area contributed by atoms with Crippen LogP contribution in [0.15, 0.2) is 0 Å². The molecule has 0 amide bonds. The van der Waals surface area contributed by atoms with E-state index in [2.05, 4.69) is 6.26 Å². The molecule has 0 bridgehead atoms. The Hall–Kier alpha value is 0.230. The van der Waals surface area contributed by atoms with Crippen LogP contribution in [0.3, 0.4) is 0 Å². The number of nitrogens with zero attached hydrogens (tertiary/aromatic N) is 1. The fourth-order valence-electron chi connectivity index (χ4n) is 2.46. The van der Waals surface area contributed by atoms with Gasteiger partial charge in [0.05, 0.1) is 12.0 Å². The van der Waals surface area contributed by atoms with Crippen molar-refractivity contribution in [2.45, 2.75) is 24.6 Å². The quantitative estimate of drug-likeness (QED) is 0.645. The van der Waals surface area contributed by atoms with Crippen molar-refractivity contribution in [2.75, 3.05) is 26.0 Å². The molecule has 13 heavy (non-hydrogen) atoms. The number of nitrogens with two attached hydrogens (primary N) is 1. The molecular weight excluding hydrogens is 184 g/mol. The molecule has 76 valence electrons. The lowest BCUT2D eigenvalue weighted by atomic mass is 9.82. The topological polar surface area (TPSA) is 38.5 Å². The van der Waals surface area contributed by atoms with Crippen molar-refractivity contribution in [1.82, 2.24) is 5.01 Å². The third kappa shape index (κ3) is 1.86. The van der Waals surface area contributed by atoms with E-state index >= 15 is 0 Å². The zero-order chi connectivity index (χ0) is 9.31. The average Bonchev–Trinajstić information content (AvgIpc) is 2.44. The third-order valence-electron chi connectivity index (χ3n) is 3.17. The highest BCUT2D eigenvalue weighted by Gasteiger charge is 2.43. The molecule has 2 heterocycles. The molecule has 3 nitrogen and oxygen atoms in total. The predicted molar refractivity (Wildman–Crippen MR) is 55.3 cm³/mol. The molecule has 0 radical (unpaired) electrons. The molecule has 2 unspecified atom stereocenters. The maximum Gasteiger partial charge on any atom is 0.0698 e. The molecular formula is C9H18N2OS. The molecule has 0 saturated carbocycles. The highest BCUT2D eigenvalue weighted by atomic mass is 32.2. The Balaban J connectivity index is 2.01. The van der Waals surface area contributed by atoms with Crippen LogP contribution in [0.5, 0.6) is 0 Å². The second-order valence-electron chi connectivity index (χ2n) is 4.22. The fraction of sp³-hybridized carbons (Fsp3) is 1.00. The van der Waals surface area contributed by atoms with E-state index in [9.17, 15) is 0 Å². The molecule has 0 aromatic heterocycles. The van der Waals surface area contributed by atoms with Crippen LogP contribution in [-0.2, 0) is 4.74 Å². The minimum atomic E-state index is 0.376. The van der Waals surface area contributed by atoms with Gasteiger partial charge in [0.15, 0.2) is 0 Å². The minimum absolute atomic E-state index is 0.376. The summed E-state index contributed by atoms with van der Waals surface area (Å²) < 4.78 is 5.56. The molecule has 4 heteroatoms. The summed E-state index contributed by atoms with van der Waals surface area (Å²) in [5.74, 6) is 5.95. The summed E-state index contributed by atoms with van der Waals surface area (Å²) >= 11 is 1.85. The monoisotopic (exact) mass is 202 g/mol. The predicted octanol–water partition coefficient (Wildman–Crippen LogP) is 1.05. The standard InChI is InChI=1S/C9H18N2OS/c1-13-8-5-9(6-11(8)10)3-2-4-12-7-9/h8H,2-7,10H2,1H3. The van der Waals surface area contributed by atoms with Crippen molar-refractivity contribution in [1.29, 1.82) is 0 Å². The average molecular weight is 202 g/mol. The molecule has 1 spiro atoms. The Morgan fingerprint density at radius 1 is 1.62 bits per heavy atom. The van der Waals surface area contributed by atoms with Gasteiger partial charge in [-0.3, -0.25) is 5.84 Å². The highest BCUT2D eigenvalue weighted by molar-refractivity contribution is 7.99. The number of hydrogen-bond acceptors (Lipinski definition) is 4. The van der Waals surface area contributed by atoms with Gasteiger partial charge >= 0.3 is 0 Å². The molecule has 0 aromatic rings. The summed E-state index contributed by atoms with van der Waals surface area (Å²) in [6, 6.07) is 0. The molecule has 2 aliphatic rings. The molecule has 2 atom stereocenters. The van der Waals surface area contributed by atoms with Crippen LogP contribution in [0.1, 0.15) is 19.3 Å². The molecule has 0 aromatic carbocycles. The molecule has 2 N–H and O–H groups in total. The molecule has 2 saturated heterocycles. The zero-order valence-corrected chi connectivity index (χ0v) is 8.98. The first-order chi connectivity index (χ1) is 6.26. The van der Waals surface area contributed by atoms with Gasteiger partial charge in [-0.1, -0.05) is 0 Å². The van der Waals surface area contributed by atoms with Gasteiger partial charge in [0.2, 0.25) is 0 Å². The van der Waals surface area contributed by atoms with Gasteiger partial charge in [0.25, 0.3) is 0 Å². The van der Waals surface area contributed by atoms with E-state index < -0.39 is 0 Å². The summed E-state index contributed by atoms with van der Waals surface area (Å²) in [4.78, 5) is 0. The van der Waals surface area contributed by atoms with Gasteiger partial charge in [-0.25, -0.2) is 5.01 Å². The Bertz CT molecular complexity index is 182. The maximum atomic E-state index is 5.95. The first-order valence-electron chi connectivity index (χ1n) is 4.88. The van der Waals surface area contributed by atoms with Gasteiger partial charge in [-0.15, -0.1) is 11.8 Å². The number of rotatable bonds is 1. The Kier molecular flexibility index (Phi) is 2.83. The van der Waals surface area contributed by atoms with Crippen LogP contribution in [0.25, 0.3) is 0 Å². The van der Waals surface area contributed by atoms with Crippen LogP contribution in [0, 0.1) is 5.41 Å². The van der Waals surface area contributed by atoms with E-state index in [1.807, 2.05) is 16.8 Å². The van der Waals surface area contributed by atoms with Gasteiger partial charge in [0, 0.05) is 18.6 Å². The largest absolute Gasteiger partial charge is 0.381 e. The second-order valence-corrected chi connectivity index (χ2v) is 5.24. The number of ether oxygens (including phenoxy) is 1. The van der Waals surface area contributed by atoms with Gasteiger partial charge in [-0.05, 0) is 25.5 Å². The summed E-state index contributed by atoms with van der Waals surface area (Å²) in [6.07, 6.45) is 5.82. The van der Waals surface area contributed by atoms with E-state index in [1.165, 1.54) is 19.3 Å². The summed E-state index contributed by atoms with van der Waals surface area (Å²) in [7, 11) is 0. The first-order valence-corrected chi connectivity index (χ1v) is 6.16. The van der Waals surface area contributed by atoms with Crippen molar-refractivity contribution in [3.05, 3.63) is 0 Å². The van der Waals surface area contributed by atoms with Crippen LogP contribution in [-0.4, -0.2) is 36.4 Å². The van der Waals surface area contributed by atoms with E-state index in [1.54, 1.807) is 0 Å². The Labute approximate surface area is 84.0 Å². The Morgan fingerprint density at radius 3 is 3.00 bits per heavy atom. The molecule has 2 rings (SSSR count). The van der Waals surface area contributed by atoms with Crippen LogP contribution < -0.4 is 5.84 Å². The number of hydrogen-bond donors (Lipinski definition) is 1. The van der Waals surface area contributed by atoms with Gasteiger partial charge < -0.3 is 4.74 Å². The lowest BCUT2D eigenvalue weighted by Gasteiger charge is -2.32. The SMILES string of the molecule is CSC1CC2(CCCOC2)CN1N. The van der Waals surface area contributed by atoms with E-state index in [4.69, 9.17) is 10.6 Å². The van der Waals surface area contributed by atoms with Crippen molar-refractivity contribution < 1.29 is 4.74 Å². The third-order valence-corrected chi connectivity index (χ3v) is 4.15. The van der Waals surface area contributed by atoms with Crippen LogP contribution in [0.4, 0.5) is 0 Å². The van der Waals surface area contributed by atoms with E-state index in [0.717, 1.165) is 19.8 Å². The Morgan fingerprint density at radius 2 is 2.46 bits per heavy atom. The van der Waals surface area contributed by atoms with Crippen molar-refractivity contribution in [3.8, 4) is 0 Å². The lowest BCUT2D eigenvalue weighted by molar-refractivity contribution is -0.00218. The lowest BCUT2D eigenvalue weighted by Crippen LogP contribution is -2.38. The highest BCUT2D eigenvalue weighted by Crippen LogP contribution is 2.42. The normalized spacial score (nSPS) is 41.5. The maximum absolute atomic E-state index is 5.95. The number of hydrazine groups is 1. The van der Waals surface area contributed by atoms with Gasteiger partial charge in [0.1, 0.15) is 0 Å². The van der Waals surface area contributed by atoms with Crippen molar-refractivity contribution in [3.63, 3.8) is 0 Å². The smallest absolute Gasteiger partial charge is 0.0698 e. The second kappa shape index (κ2) is 3.77. The van der Waals surface area contributed by atoms with Crippen molar-refractivity contribution >= 4 is 11.8 Å². The molecule has 2 fully saturated rings.